The van der Waals surface area contributed by atoms with E-state index in [1.807, 2.05) is 36.4 Å². The Morgan fingerprint density at radius 2 is 1.74 bits per heavy atom. The highest BCUT2D eigenvalue weighted by Gasteiger charge is 2.05. The molecule has 0 spiro atoms. The number of nitriles is 1. The average Bonchev–Trinajstić information content (AvgIpc) is 2.42. The highest BCUT2D eigenvalue weighted by molar-refractivity contribution is 5.38. The van der Waals surface area contributed by atoms with Gasteiger partial charge in [0.2, 0.25) is 0 Å². The van der Waals surface area contributed by atoms with Crippen LogP contribution in [0.5, 0.6) is 5.75 Å². The molecule has 0 aromatic heterocycles. The first-order valence-electron chi connectivity index (χ1n) is 6.35. The molecule has 0 saturated heterocycles. The Morgan fingerprint density at radius 1 is 1.00 bits per heavy atom. The Labute approximate surface area is 114 Å². The highest BCUT2D eigenvalue weighted by Crippen LogP contribution is 2.22. The minimum Gasteiger partial charge on any atom is -0.489 e. The third-order valence-electron chi connectivity index (χ3n) is 3.33. The molecule has 0 N–H and O–H groups in total. The standard InChI is InChI=1S/C17H17NO/c1-13-6-5-9-17(14(13)2)19-12-16-8-4-3-7-15(16)10-11-18/h3-9H,10,12H2,1-2H3. The molecule has 0 heterocycles. The van der Waals surface area contributed by atoms with Crippen LogP contribution in [0.2, 0.25) is 0 Å². The number of hydrogen-bond donors (Lipinski definition) is 0. The summed E-state index contributed by atoms with van der Waals surface area (Å²) in [4.78, 5) is 0. The Hall–Kier alpha value is -2.27. The van der Waals surface area contributed by atoms with Crippen molar-refractivity contribution in [1.82, 2.24) is 0 Å². The van der Waals surface area contributed by atoms with Crippen molar-refractivity contribution >= 4 is 0 Å². The average molecular weight is 251 g/mol. The lowest BCUT2D eigenvalue weighted by Crippen LogP contribution is -2.01. The fraction of sp³-hybridized carbons (Fsp3) is 0.235. The quantitative estimate of drug-likeness (QED) is 0.824. The molecule has 0 saturated carbocycles. The van der Waals surface area contributed by atoms with Crippen LogP contribution in [0.4, 0.5) is 0 Å². The fourth-order valence-corrected chi connectivity index (χ4v) is 1.99. The second-order valence-electron chi connectivity index (χ2n) is 4.59. The van der Waals surface area contributed by atoms with E-state index < -0.39 is 0 Å². The van der Waals surface area contributed by atoms with Crippen LogP contribution in [-0.2, 0) is 13.0 Å². The van der Waals surface area contributed by atoms with E-state index in [1.54, 1.807) is 0 Å². The second kappa shape index (κ2) is 6.06. The predicted molar refractivity (Wildman–Crippen MR) is 76.0 cm³/mol. The molecule has 0 aliphatic rings. The fourth-order valence-electron chi connectivity index (χ4n) is 1.99. The minimum absolute atomic E-state index is 0.423. The maximum atomic E-state index is 8.82. The molecular weight excluding hydrogens is 234 g/mol. The first-order chi connectivity index (χ1) is 9.22. The van der Waals surface area contributed by atoms with E-state index in [0.717, 1.165) is 16.9 Å². The number of aryl methyl sites for hydroxylation is 1. The summed E-state index contributed by atoms with van der Waals surface area (Å²) >= 11 is 0. The van der Waals surface area contributed by atoms with Crippen molar-refractivity contribution in [3.05, 3.63) is 64.7 Å². The molecule has 0 radical (unpaired) electrons. The Balaban J connectivity index is 2.15. The van der Waals surface area contributed by atoms with E-state index >= 15 is 0 Å². The van der Waals surface area contributed by atoms with Gasteiger partial charge < -0.3 is 4.74 Å². The van der Waals surface area contributed by atoms with Crippen LogP contribution < -0.4 is 4.74 Å². The third kappa shape index (κ3) is 3.14. The van der Waals surface area contributed by atoms with Crippen LogP contribution in [0.3, 0.4) is 0 Å². The zero-order chi connectivity index (χ0) is 13.7. The number of hydrogen-bond acceptors (Lipinski definition) is 2. The molecule has 0 unspecified atom stereocenters. The molecule has 0 bridgehead atoms. The van der Waals surface area contributed by atoms with E-state index in [0.29, 0.717) is 13.0 Å². The molecule has 96 valence electrons. The Kier molecular flexibility index (Phi) is 4.20. The Bertz CT molecular complexity index is 611. The van der Waals surface area contributed by atoms with Gasteiger partial charge in [-0.25, -0.2) is 0 Å². The normalized spacial score (nSPS) is 9.95. The molecule has 0 amide bonds. The molecule has 0 atom stereocenters. The molecule has 2 aromatic rings. The van der Waals surface area contributed by atoms with Crippen LogP contribution in [0.25, 0.3) is 0 Å². The molecule has 0 aliphatic carbocycles. The van der Waals surface area contributed by atoms with Gasteiger partial charge >= 0.3 is 0 Å². The van der Waals surface area contributed by atoms with Crippen LogP contribution in [-0.4, -0.2) is 0 Å². The van der Waals surface area contributed by atoms with Crippen molar-refractivity contribution in [2.45, 2.75) is 26.9 Å². The lowest BCUT2D eigenvalue weighted by atomic mass is 10.1. The summed E-state index contributed by atoms with van der Waals surface area (Å²) in [6, 6.07) is 16.2. The maximum Gasteiger partial charge on any atom is 0.122 e. The van der Waals surface area contributed by atoms with Gasteiger partial charge in [-0.15, -0.1) is 0 Å². The lowest BCUT2D eigenvalue weighted by Gasteiger charge is -2.12. The number of nitrogens with zero attached hydrogens (tertiary/aromatic N) is 1. The van der Waals surface area contributed by atoms with Gasteiger partial charge in [0.25, 0.3) is 0 Å². The van der Waals surface area contributed by atoms with Crippen molar-refractivity contribution in [3.63, 3.8) is 0 Å². The molecule has 19 heavy (non-hydrogen) atoms. The lowest BCUT2D eigenvalue weighted by molar-refractivity contribution is 0.303. The van der Waals surface area contributed by atoms with Crippen LogP contribution in [0.1, 0.15) is 22.3 Å². The largest absolute Gasteiger partial charge is 0.489 e. The van der Waals surface area contributed by atoms with E-state index in [4.69, 9.17) is 10.00 Å². The summed E-state index contributed by atoms with van der Waals surface area (Å²) in [6.45, 7) is 4.64. The maximum absolute atomic E-state index is 8.82. The topological polar surface area (TPSA) is 33.0 Å². The first-order valence-corrected chi connectivity index (χ1v) is 6.35. The molecule has 2 heteroatoms. The molecule has 2 rings (SSSR count). The van der Waals surface area contributed by atoms with Crippen LogP contribution in [0.15, 0.2) is 42.5 Å². The first kappa shape index (κ1) is 13.2. The minimum atomic E-state index is 0.423. The molecular formula is C17H17NO. The van der Waals surface area contributed by atoms with Gasteiger partial charge in [-0.2, -0.15) is 5.26 Å². The predicted octanol–water partition coefficient (Wildman–Crippen LogP) is 3.95. The summed E-state index contributed by atoms with van der Waals surface area (Å²) in [5, 5.41) is 8.82. The monoisotopic (exact) mass is 251 g/mol. The molecule has 0 fully saturated rings. The van der Waals surface area contributed by atoms with E-state index in [2.05, 4.69) is 26.0 Å². The van der Waals surface area contributed by atoms with Gasteiger partial charge in [0.1, 0.15) is 12.4 Å². The zero-order valence-corrected chi connectivity index (χ0v) is 11.3. The van der Waals surface area contributed by atoms with Crippen LogP contribution >= 0.6 is 0 Å². The summed E-state index contributed by atoms with van der Waals surface area (Å²) in [7, 11) is 0. The van der Waals surface area contributed by atoms with Gasteiger partial charge in [0, 0.05) is 0 Å². The Morgan fingerprint density at radius 3 is 2.47 bits per heavy atom. The van der Waals surface area contributed by atoms with E-state index in [9.17, 15) is 0 Å². The summed E-state index contributed by atoms with van der Waals surface area (Å²) < 4.78 is 5.88. The summed E-state index contributed by atoms with van der Waals surface area (Å²) in [6.07, 6.45) is 0.423. The van der Waals surface area contributed by atoms with Crippen molar-refractivity contribution in [2.24, 2.45) is 0 Å². The van der Waals surface area contributed by atoms with E-state index in [1.165, 1.54) is 11.1 Å². The molecule has 0 aliphatic heterocycles. The highest BCUT2D eigenvalue weighted by atomic mass is 16.5. The zero-order valence-electron chi connectivity index (χ0n) is 11.3. The van der Waals surface area contributed by atoms with Crippen molar-refractivity contribution in [1.29, 1.82) is 5.26 Å². The molecule has 2 aromatic carbocycles. The van der Waals surface area contributed by atoms with Gasteiger partial charge in [-0.05, 0) is 42.2 Å². The second-order valence-corrected chi connectivity index (χ2v) is 4.59. The van der Waals surface area contributed by atoms with Crippen molar-refractivity contribution < 1.29 is 4.74 Å². The third-order valence-corrected chi connectivity index (χ3v) is 3.33. The SMILES string of the molecule is Cc1cccc(OCc2ccccc2CC#N)c1C. The van der Waals surface area contributed by atoms with Gasteiger partial charge in [-0.3, -0.25) is 0 Å². The summed E-state index contributed by atoms with van der Waals surface area (Å²) in [5.41, 5.74) is 4.50. The van der Waals surface area contributed by atoms with Crippen molar-refractivity contribution in [2.75, 3.05) is 0 Å². The van der Waals surface area contributed by atoms with Gasteiger partial charge in [0.15, 0.2) is 0 Å². The number of benzene rings is 2. The van der Waals surface area contributed by atoms with E-state index in [-0.39, 0.29) is 0 Å². The number of rotatable bonds is 4. The van der Waals surface area contributed by atoms with Gasteiger partial charge in [-0.1, -0.05) is 36.4 Å². The van der Waals surface area contributed by atoms with Gasteiger partial charge in [0.05, 0.1) is 12.5 Å². The van der Waals surface area contributed by atoms with Crippen LogP contribution in [0, 0.1) is 25.2 Å². The molecule has 2 nitrogen and oxygen atoms in total. The van der Waals surface area contributed by atoms with Crippen molar-refractivity contribution in [3.8, 4) is 11.8 Å². The summed E-state index contributed by atoms with van der Waals surface area (Å²) in [5.74, 6) is 0.909. The number of ether oxygens (including phenoxy) is 1. The smallest absolute Gasteiger partial charge is 0.122 e.